The van der Waals surface area contributed by atoms with E-state index >= 15 is 0 Å². The Labute approximate surface area is 122 Å². The predicted octanol–water partition coefficient (Wildman–Crippen LogP) is 0.989. The molecule has 6 heteroatoms. The highest BCUT2D eigenvalue weighted by Crippen LogP contribution is 1.93. The molecule has 0 atom stereocenters. The molecule has 0 radical (unpaired) electrons. The van der Waals surface area contributed by atoms with Crippen molar-refractivity contribution in [2.24, 2.45) is 0 Å². The number of rotatable bonds is 15. The van der Waals surface area contributed by atoms with Crippen molar-refractivity contribution in [3.63, 3.8) is 0 Å². The number of likely N-dealkylation sites (N-methyl/N-ethyl adjacent to an activating group) is 1. The van der Waals surface area contributed by atoms with Crippen LogP contribution in [0.1, 0.15) is 26.2 Å². The predicted molar refractivity (Wildman–Crippen MR) is 76.9 cm³/mol. The second-order valence-electron chi connectivity index (χ2n) is 4.26. The molecule has 0 spiro atoms. The molecular weight excluding hydrogens is 262 g/mol. The second kappa shape index (κ2) is 16.4. The van der Waals surface area contributed by atoms with Crippen molar-refractivity contribution < 1.29 is 23.7 Å². The molecule has 0 amide bonds. The van der Waals surface area contributed by atoms with Gasteiger partial charge in [0, 0.05) is 6.54 Å². The lowest BCUT2D eigenvalue weighted by Crippen LogP contribution is -2.17. The van der Waals surface area contributed by atoms with E-state index in [1.165, 1.54) is 0 Å². The Morgan fingerprint density at radius 2 is 1.50 bits per heavy atom. The van der Waals surface area contributed by atoms with Crippen molar-refractivity contribution in [3.05, 3.63) is 0 Å². The van der Waals surface area contributed by atoms with Gasteiger partial charge in [-0.2, -0.15) is 0 Å². The lowest BCUT2D eigenvalue weighted by atomic mass is 10.4. The molecule has 0 fully saturated rings. The zero-order chi connectivity index (χ0) is 14.9. The molecule has 0 saturated carbocycles. The molecule has 0 aliphatic heterocycles. The first kappa shape index (κ1) is 19.3. The first-order valence-corrected chi connectivity index (χ1v) is 7.34. The SMILES string of the molecule is CCCCOC(=O)CCOCCOCCOCCNC. The van der Waals surface area contributed by atoms with Gasteiger partial charge in [-0.1, -0.05) is 13.3 Å². The monoisotopic (exact) mass is 291 g/mol. The Balaban J connectivity index is 3.07. The highest BCUT2D eigenvalue weighted by atomic mass is 16.5. The summed E-state index contributed by atoms with van der Waals surface area (Å²) in [5, 5.41) is 2.99. The number of carbonyl (C=O) groups excluding carboxylic acids is 1. The summed E-state index contributed by atoms with van der Waals surface area (Å²) in [4.78, 5) is 11.2. The third-order valence-corrected chi connectivity index (χ3v) is 2.45. The van der Waals surface area contributed by atoms with Gasteiger partial charge in [-0.15, -0.1) is 0 Å². The van der Waals surface area contributed by atoms with Crippen LogP contribution in [0, 0.1) is 0 Å². The fraction of sp³-hybridized carbons (Fsp3) is 0.929. The topological polar surface area (TPSA) is 66.0 Å². The van der Waals surface area contributed by atoms with E-state index < -0.39 is 0 Å². The number of hydrogen-bond acceptors (Lipinski definition) is 6. The molecule has 0 rings (SSSR count). The molecule has 0 saturated heterocycles. The Hall–Kier alpha value is -0.690. The van der Waals surface area contributed by atoms with E-state index in [0.717, 1.165) is 19.4 Å². The molecule has 0 aromatic rings. The number of ether oxygens (including phenoxy) is 4. The lowest BCUT2D eigenvalue weighted by molar-refractivity contribution is -0.145. The molecule has 20 heavy (non-hydrogen) atoms. The van der Waals surface area contributed by atoms with Gasteiger partial charge < -0.3 is 24.3 Å². The number of carbonyl (C=O) groups is 1. The van der Waals surface area contributed by atoms with Crippen LogP contribution in [0.15, 0.2) is 0 Å². The fourth-order valence-electron chi connectivity index (χ4n) is 1.27. The minimum absolute atomic E-state index is 0.197. The van der Waals surface area contributed by atoms with Crippen LogP contribution >= 0.6 is 0 Å². The van der Waals surface area contributed by atoms with Gasteiger partial charge in [0.15, 0.2) is 0 Å². The van der Waals surface area contributed by atoms with Crippen molar-refractivity contribution in [1.29, 1.82) is 0 Å². The van der Waals surface area contributed by atoms with Gasteiger partial charge >= 0.3 is 5.97 Å². The standard InChI is InChI=1S/C14H29NO5/c1-3-4-7-20-14(16)5-8-17-10-12-19-13-11-18-9-6-15-2/h15H,3-13H2,1-2H3. The highest BCUT2D eigenvalue weighted by Gasteiger charge is 2.01. The molecule has 0 unspecified atom stereocenters. The van der Waals surface area contributed by atoms with Crippen molar-refractivity contribution in [3.8, 4) is 0 Å². The summed E-state index contributed by atoms with van der Waals surface area (Å²) in [5.41, 5.74) is 0. The Kier molecular flexibility index (Phi) is 15.8. The number of unbranched alkanes of at least 4 members (excludes halogenated alkanes) is 1. The smallest absolute Gasteiger partial charge is 0.308 e. The molecule has 120 valence electrons. The van der Waals surface area contributed by atoms with Gasteiger partial charge in [0.25, 0.3) is 0 Å². The van der Waals surface area contributed by atoms with Crippen LogP contribution in [-0.2, 0) is 23.7 Å². The molecular formula is C14H29NO5. The molecule has 0 aromatic carbocycles. The van der Waals surface area contributed by atoms with Crippen LogP contribution in [0.25, 0.3) is 0 Å². The van der Waals surface area contributed by atoms with Crippen LogP contribution in [0.2, 0.25) is 0 Å². The maximum atomic E-state index is 11.2. The summed E-state index contributed by atoms with van der Waals surface area (Å²) in [5.74, 6) is -0.197. The van der Waals surface area contributed by atoms with Gasteiger partial charge in [0.2, 0.25) is 0 Å². The molecule has 6 nitrogen and oxygen atoms in total. The molecule has 0 bridgehead atoms. The van der Waals surface area contributed by atoms with Gasteiger partial charge in [0.1, 0.15) is 0 Å². The van der Waals surface area contributed by atoms with Crippen molar-refractivity contribution in [2.75, 3.05) is 59.8 Å². The van der Waals surface area contributed by atoms with Crippen molar-refractivity contribution >= 4 is 5.97 Å². The van der Waals surface area contributed by atoms with E-state index in [9.17, 15) is 4.79 Å². The lowest BCUT2D eigenvalue weighted by Gasteiger charge is -2.07. The second-order valence-corrected chi connectivity index (χ2v) is 4.26. The highest BCUT2D eigenvalue weighted by molar-refractivity contribution is 5.69. The fourth-order valence-corrected chi connectivity index (χ4v) is 1.27. The van der Waals surface area contributed by atoms with Crippen molar-refractivity contribution in [1.82, 2.24) is 5.32 Å². The zero-order valence-corrected chi connectivity index (χ0v) is 12.8. The average Bonchev–Trinajstić information content (AvgIpc) is 2.45. The zero-order valence-electron chi connectivity index (χ0n) is 12.8. The summed E-state index contributed by atoms with van der Waals surface area (Å²) >= 11 is 0. The minimum atomic E-state index is -0.197. The quantitative estimate of drug-likeness (QED) is 0.358. The van der Waals surface area contributed by atoms with E-state index in [1.807, 2.05) is 7.05 Å². The summed E-state index contributed by atoms with van der Waals surface area (Å²) in [6.07, 6.45) is 2.24. The van der Waals surface area contributed by atoms with Crippen LogP contribution < -0.4 is 5.32 Å². The largest absolute Gasteiger partial charge is 0.466 e. The summed E-state index contributed by atoms with van der Waals surface area (Å²) in [6, 6.07) is 0. The normalized spacial score (nSPS) is 10.7. The van der Waals surface area contributed by atoms with Gasteiger partial charge in [-0.05, 0) is 13.5 Å². The minimum Gasteiger partial charge on any atom is -0.466 e. The van der Waals surface area contributed by atoms with E-state index in [1.54, 1.807) is 0 Å². The van der Waals surface area contributed by atoms with Crippen molar-refractivity contribution in [2.45, 2.75) is 26.2 Å². The van der Waals surface area contributed by atoms with E-state index in [0.29, 0.717) is 52.7 Å². The summed E-state index contributed by atoms with van der Waals surface area (Å²) < 4.78 is 20.9. The Morgan fingerprint density at radius 1 is 0.900 bits per heavy atom. The first-order chi connectivity index (χ1) is 9.81. The van der Waals surface area contributed by atoms with Gasteiger partial charge in [-0.25, -0.2) is 0 Å². The maximum absolute atomic E-state index is 11.2. The molecule has 1 N–H and O–H groups in total. The maximum Gasteiger partial charge on any atom is 0.308 e. The Bertz CT molecular complexity index is 214. The molecule has 0 aliphatic carbocycles. The van der Waals surface area contributed by atoms with Crippen LogP contribution in [0.3, 0.4) is 0 Å². The summed E-state index contributed by atoms with van der Waals surface area (Å²) in [6.45, 7) is 6.63. The number of hydrogen-bond donors (Lipinski definition) is 1. The van der Waals surface area contributed by atoms with E-state index in [-0.39, 0.29) is 5.97 Å². The van der Waals surface area contributed by atoms with Gasteiger partial charge in [-0.3, -0.25) is 4.79 Å². The average molecular weight is 291 g/mol. The third kappa shape index (κ3) is 15.4. The van der Waals surface area contributed by atoms with E-state index in [4.69, 9.17) is 18.9 Å². The summed E-state index contributed by atoms with van der Waals surface area (Å²) in [7, 11) is 1.89. The first-order valence-electron chi connectivity index (χ1n) is 7.34. The van der Waals surface area contributed by atoms with Crippen LogP contribution in [0.4, 0.5) is 0 Å². The van der Waals surface area contributed by atoms with Crippen LogP contribution in [-0.4, -0.2) is 65.8 Å². The molecule has 0 heterocycles. The van der Waals surface area contributed by atoms with E-state index in [2.05, 4.69) is 12.2 Å². The number of esters is 1. The Morgan fingerprint density at radius 3 is 2.10 bits per heavy atom. The third-order valence-electron chi connectivity index (χ3n) is 2.45. The molecule has 0 aliphatic rings. The number of nitrogens with one attached hydrogen (secondary N) is 1. The van der Waals surface area contributed by atoms with Gasteiger partial charge in [0.05, 0.1) is 52.7 Å². The van der Waals surface area contributed by atoms with Crippen LogP contribution in [0.5, 0.6) is 0 Å². The molecule has 0 aromatic heterocycles.